The number of anilines is 1. The Morgan fingerprint density at radius 2 is 1.87 bits per heavy atom. The van der Waals surface area contributed by atoms with Gasteiger partial charge in [0.2, 0.25) is 5.91 Å². The summed E-state index contributed by atoms with van der Waals surface area (Å²) in [6.07, 6.45) is 6.78. The Morgan fingerprint density at radius 1 is 1.10 bits per heavy atom. The summed E-state index contributed by atoms with van der Waals surface area (Å²) in [6.45, 7) is 6.32. The number of piperazine rings is 1. The number of pyridine rings is 1. The molecule has 0 spiro atoms. The molecule has 2 amide bonds. The van der Waals surface area contributed by atoms with Crippen molar-refractivity contribution in [2.75, 3.05) is 44.2 Å². The second-order valence-corrected chi connectivity index (χ2v) is 8.23. The number of likely N-dealkylation sites (tertiary alicyclic amines) is 1. The first kappa shape index (κ1) is 21.3. The highest BCUT2D eigenvalue weighted by Gasteiger charge is 2.28. The molecule has 1 aromatic carbocycles. The average molecular weight is 423 g/mol. The van der Waals surface area contributed by atoms with E-state index in [0.717, 1.165) is 24.4 Å². The Bertz CT molecular complexity index is 887. The minimum absolute atomic E-state index is 0.0777. The van der Waals surface area contributed by atoms with E-state index in [9.17, 15) is 9.59 Å². The lowest BCUT2D eigenvalue weighted by Gasteiger charge is -2.34. The Morgan fingerprint density at radius 3 is 2.55 bits per heavy atom. The van der Waals surface area contributed by atoms with Crippen LogP contribution < -0.4 is 9.64 Å². The molecule has 0 saturated carbocycles. The molecule has 2 aliphatic rings. The van der Waals surface area contributed by atoms with Gasteiger partial charge in [0.25, 0.3) is 5.91 Å². The molecule has 164 valence electrons. The van der Waals surface area contributed by atoms with Crippen LogP contribution in [0.25, 0.3) is 0 Å². The van der Waals surface area contributed by atoms with Gasteiger partial charge in [-0.1, -0.05) is 0 Å². The van der Waals surface area contributed by atoms with E-state index < -0.39 is 0 Å². The lowest BCUT2D eigenvalue weighted by molar-refractivity contribution is -0.120. The van der Waals surface area contributed by atoms with Crippen LogP contribution in [0, 0.1) is 0 Å². The Hall–Kier alpha value is -2.93. The van der Waals surface area contributed by atoms with Gasteiger partial charge in [0.1, 0.15) is 12.3 Å². The molecule has 2 aliphatic heterocycles. The van der Waals surface area contributed by atoms with Gasteiger partial charge in [-0.15, -0.1) is 0 Å². The Balaban J connectivity index is 1.25. The maximum atomic E-state index is 12.7. The fourth-order valence-electron chi connectivity index (χ4n) is 4.30. The van der Waals surface area contributed by atoms with Crippen molar-refractivity contribution in [1.82, 2.24) is 14.8 Å². The third kappa shape index (κ3) is 5.22. The van der Waals surface area contributed by atoms with Crippen molar-refractivity contribution in [1.29, 1.82) is 0 Å². The van der Waals surface area contributed by atoms with Crippen molar-refractivity contribution in [3.8, 4) is 5.75 Å². The van der Waals surface area contributed by atoms with Gasteiger partial charge in [-0.05, 0) is 69.1 Å². The van der Waals surface area contributed by atoms with Crippen LogP contribution in [0.3, 0.4) is 0 Å². The normalized spacial score (nSPS) is 19.6. The molecule has 3 heterocycles. The molecule has 1 unspecified atom stereocenters. The summed E-state index contributed by atoms with van der Waals surface area (Å²) in [5.41, 5.74) is 1.39. The van der Waals surface area contributed by atoms with Crippen LogP contribution in [-0.2, 0) is 4.79 Å². The van der Waals surface area contributed by atoms with Gasteiger partial charge in [0, 0.05) is 49.3 Å². The van der Waals surface area contributed by atoms with Crippen molar-refractivity contribution in [3.05, 3.63) is 54.4 Å². The first-order chi connectivity index (χ1) is 15.1. The molecular formula is C24H30N4O3. The van der Waals surface area contributed by atoms with Gasteiger partial charge >= 0.3 is 0 Å². The van der Waals surface area contributed by atoms with Gasteiger partial charge in [0.15, 0.2) is 0 Å². The molecule has 4 rings (SSSR count). The van der Waals surface area contributed by atoms with Gasteiger partial charge in [0.05, 0.1) is 6.61 Å². The van der Waals surface area contributed by atoms with E-state index in [-0.39, 0.29) is 18.4 Å². The van der Waals surface area contributed by atoms with Crippen LogP contribution in [0.4, 0.5) is 5.69 Å². The lowest BCUT2D eigenvalue weighted by atomic mass is 10.2. The van der Waals surface area contributed by atoms with Crippen molar-refractivity contribution in [3.63, 3.8) is 0 Å². The monoisotopic (exact) mass is 422 g/mol. The predicted molar refractivity (Wildman–Crippen MR) is 119 cm³/mol. The lowest BCUT2D eigenvalue weighted by Crippen LogP contribution is -2.52. The van der Waals surface area contributed by atoms with E-state index in [1.807, 2.05) is 24.3 Å². The summed E-state index contributed by atoms with van der Waals surface area (Å²) in [5.74, 6) is 0.599. The smallest absolute Gasteiger partial charge is 0.254 e. The molecule has 7 nitrogen and oxygen atoms in total. The number of ether oxygens (including phenoxy) is 1. The highest BCUT2D eigenvalue weighted by Crippen LogP contribution is 2.22. The Kier molecular flexibility index (Phi) is 6.82. The third-order valence-electron chi connectivity index (χ3n) is 6.13. The number of aromatic nitrogens is 1. The zero-order chi connectivity index (χ0) is 21.6. The second-order valence-electron chi connectivity index (χ2n) is 8.23. The third-order valence-corrected chi connectivity index (χ3v) is 6.13. The number of nitrogens with zero attached hydrogens (tertiary/aromatic N) is 4. The molecule has 1 atom stereocenters. The van der Waals surface area contributed by atoms with Crippen LogP contribution in [0.5, 0.6) is 5.75 Å². The van der Waals surface area contributed by atoms with Gasteiger partial charge in [-0.3, -0.25) is 14.6 Å². The molecule has 31 heavy (non-hydrogen) atoms. The van der Waals surface area contributed by atoms with Crippen molar-refractivity contribution in [2.24, 2.45) is 0 Å². The summed E-state index contributed by atoms with van der Waals surface area (Å²) in [7, 11) is 0. The van der Waals surface area contributed by atoms with Gasteiger partial charge < -0.3 is 19.4 Å². The Labute approximate surface area is 183 Å². The van der Waals surface area contributed by atoms with E-state index in [0.29, 0.717) is 31.3 Å². The first-order valence-electron chi connectivity index (χ1n) is 11.1. The minimum Gasteiger partial charge on any atom is -0.494 e. The average Bonchev–Trinajstić information content (AvgIpc) is 3.22. The van der Waals surface area contributed by atoms with E-state index in [1.54, 1.807) is 34.3 Å². The quantitative estimate of drug-likeness (QED) is 0.642. The number of rotatable bonds is 7. The highest BCUT2D eigenvalue weighted by atomic mass is 16.5. The number of benzene rings is 1. The number of hydrogen-bond donors (Lipinski definition) is 0. The van der Waals surface area contributed by atoms with E-state index in [2.05, 4.69) is 16.8 Å². The zero-order valence-corrected chi connectivity index (χ0v) is 18.1. The van der Waals surface area contributed by atoms with Gasteiger partial charge in [-0.25, -0.2) is 0 Å². The first-order valence-corrected chi connectivity index (χ1v) is 11.1. The van der Waals surface area contributed by atoms with Crippen LogP contribution in [0.1, 0.15) is 36.5 Å². The topological polar surface area (TPSA) is 66.0 Å². The van der Waals surface area contributed by atoms with E-state index in [1.165, 1.54) is 19.4 Å². The summed E-state index contributed by atoms with van der Waals surface area (Å²) in [4.78, 5) is 35.0. The predicted octanol–water partition coefficient (Wildman–Crippen LogP) is 2.82. The highest BCUT2D eigenvalue weighted by molar-refractivity contribution is 6.01. The minimum atomic E-state index is -0.137. The van der Waals surface area contributed by atoms with Crippen LogP contribution in [0.2, 0.25) is 0 Å². The van der Waals surface area contributed by atoms with Crippen LogP contribution in [0.15, 0.2) is 48.8 Å². The van der Waals surface area contributed by atoms with E-state index >= 15 is 0 Å². The maximum absolute atomic E-state index is 12.7. The second kappa shape index (κ2) is 9.92. The summed E-state index contributed by atoms with van der Waals surface area (Å²) >= 11 is 0. The summed E-state index contributed by atoms with van der Waals surface area (Å²) in [5, 5.41) is 0. The van der Waals surface area contributed by atoms with Gasteiger partial charge in [-0.2, -0.15) is 0 Å². The fourth-order valence-corrected chi connectivity index (χ4v) is 4.30. The molecule has 1 aromatic heterocycles. The fraction of sp³-hybridized carbons (Fsp3) is 0.458. The number of amides is 2. The van der Waals surface area contributed by atoms with E-state index in [4.69, 9.17) is 4.74 Å². The molecule has 0 aliphatic carbocycles. The van der Waals surface area contributed by atoms with Crippen molar-refractivity contribution >= 4 is 17.5 Å². The molecule has 2 fully saturated rings. The molecule has 2 saturated heterocycles. The summed E-state index contributed by atoms with van der Waals surface area (Å²) in [6, 6.07) is 11.7. The maximum Gasteiger partial charge on any atom is 0.254 e. The number of carbonyl (C=O) groups excluding carboxylic acids is 2. The SMILES string of the molecule is CC1CCCN1CCCOc1ccc(N2CCN(C(=O)c3ccncc3)CC2=O)cc1. The van der Waals surface area contributed by atoms with Crippen molar-refractivity contribution in [2.45, 2.75) is 32.2 Å². The molecule has 2 aromatic rings. The molecular weight excluding hydrogens is 392 g/mol. The molecule has 7 heteroatoms. The van der Waals surface area contributed by atoms with Crippen molar-refractivity contribution < 1.29 is 14.3 Å². The molecule has 0 bridgehead atoms. The number of hydrogen-bond acceptors (Lipinski definition) is 5. The zero-order valence-electron chi connectivity index (χ0n) is 18.1. The standard InChI is InChI=1S/C24H30N4O3/c1-19-4-2-13-26(19)14-3-17-31-22-7-5-21(6-8-22)28-16-15-27(18-23(28)29)24(30)20-9-11-25-12-10-20/h5-12,19H,2-4,13-18H2,1H3. The van der Waals surface area contributed by atoms with Crippen LogP contribution in [-0.4, -0.2) is 72.0 Å². The molecule has 0 N–H and O–H groups in total. The molecule has 0 radical (unpaired) electrons. The number of carbonyl (C=O) groups is 2. The largest absolute Gasteiger partial charge is 0.494 e. The van der Waals surface area contributed by atoms with Crippen LogP contribution >= 0.6 is 0 Å². The summed E-state index contributed by atoms with van der Waals surface area (Å²) < 4.78 is 5.88.